The summed E-state index contributed by atoms with van der Waals surface area (Å²) in [6.45, 7) is 1.23. The van der Waals surface area contributed by atoms with Crippen LogP contribution in [-0.4, -0.2) is 36.2 Å². The predicted molar refractivity (Wildman–Crippen MR) is 69.7 cm³/mol. The maximum absolute atomic E-state index is 9.38. The zero-order chi connectivity index (χ0) is 11.8. The highest BCUT2D eigenvalue weighted by molar-refractivity contribution is 5.74. The minimum atomic E-state index is 0.253. The smallest absolute Gasteiger partial charge is 0.0506 e. The number of aliphatic hydroxyl groups excluding tert-OH is 1. The highest BCUT2D eigenvalue weighted by Gasteiger charge is 2.31. The Balaban J connectivity index is 2.07. The molecule has 0 bridgehead atoms. The third-order valence-electron chi connectivity index (χ3n) is 4.08. The van der Waals surface area contributed by atoms with Crippen molar-refractivity contribution in [2.24, 2.45) is 5.92 Å². The first-order valence-corrected chi connectivity index (χ1v) is 6.40. The largest absolute Gasteiger partial charge is 0.396 e. The van der Waals surface area contributed by atoms with Gasteiger partial charge in [-0.2, -0.15) is 0 Å². The molecule has 0 fully saturated rings. The summed E-state index contributed by atoms with van der Waals surface area (Å²) in [6, 6.07) is 9.24. The fourth-order valence-corrected chi connectivity index (χ4v) is 3.22. The van der Waals surface area contributed by atoms with Gasteiger partial charge in [0.1, 0.15) is 0 Å². The molecule has 1 aromatic carbocycles. The second-order valence-corrected chi connectivity index (χ2v) is 5.22. The van der Waals surface area contributed by atoms with Gasteiger partial charge in [0.05, 0.1) is 6.61 Å². The first-order chi connectivity index (χ1) is 8.29. The number of likely N-dealkylation sites (N-methyl/N-ethyl adjacent to an activating group) is 1. The van der Waals surface area contributed by atoms with E-state index in [0.717, 1.165) is 6.54 Å². The van der Waals surface area contributed by atoms with Gasteiger partial charge in [0.25, 0.3) is 0 Å². The maximum Gasteiger partial charge on any atom is 0.0506 e. The lowest BCUT2D eigenvalue weighted by molar-refractivity contribution is 0.177. The van der Waals surface area contributed by atoms with Crippen LogP contribution in [0.1, 0.15) is 17.5 Å². The second-order valence-electron chi connectivity index (χ2n) is 5.22. The normalized spacial score (nSPS) is 28.2. The second kappa shape index (κ2) is 4.28. The van der Waals surface area contributed by atoms with Crippen LogP contribution >= 0.6 is 0 Å². The lowest BCUT2D eigenvalue weighted by atomic mass is 9.79. The van der Waals surface area contributed by atoms with Gasteiger partial charge in [-0.25, -0.2) is 0 Å². The van der Waals surface area contributed by atoms with Crippen LogP contribution in [0.3, 0.4) is 0 Å². The number of aryl methyl sites for hydroxylation is 1. The van der Waals surface area contributed by atoms with E-state index in [1.807, 2.05) is 0 Å². The Hall–Kier alpha value is -1.12. The molecule has 1 heterocycles. The van der Waals surface area contributed by atoms with E-state index >= 15 is 0 Å². The Morgan fingerprint density at radius 3 is 3.00 bits per heavy atom. The molecule has 0 radical (unpaired) electrons. The molecule has 0 aromatic heterocycles. The van der Waals surface area contributed by atoms with Gasteiger partial charge >= 0.3 is 0 Å². The molecule has 2 atom stereocenters. The minimum Gasteiger partial charge on any atom is -0.396 e. The van der Waals surface area contributed by atoms with E-state index in [2.05, 4.69) is 42.3 Å². The van der Waals surface area contributed by atoms with Crippen molar-refractivity contribution >= 4 is 5.57 Å². The van der Waals surface area contributed by atoms with Crippen LogP contribution < -0.4 is 0 Å². The van der Waals surface area contributed by atoms with E-state index in [1.54, 1.807) is 0 Å². The van der Waals surface area contributed by atoms with E-state index in [-0.39, 0.29) is 12.5 Å². The maximum atomic E-state index is 9.38. The molecule has 0 amide bonds. The third kappa shape index (κ3) is 1.81. The van der Waals surface area contributed by atoms with Crippen LogP contribution in [0.15, 0.2) is 30.3 Å². The molecule has 1 aliphatic heterocycles. The van der Waals surface area contributed by atoms with E-state index in [4.69, 9.17) is 0 Å². The van der Waals surface area contributed by atoms with Gasteiger partial charge in [-0.1, -0.05) is 30.3 Å². The van der Waals surface area contributed by atoms with Crippen molar-refractivity contribution in [1.29, 1.82) is 0 Å². The summed E-state index contributed by atoms with van der Waals surface area (Å²) < 4.78 is 0. The molecule has 0 spiro atoms. The molecule has 1 aliphatic carbocycles. The number of aliphatic hydroxyl groups is 1. The zero-order valence-electron chi connectivity index (χ0n) is 10.3. The first kappa shape index (κ1) is 11.0. The van der Waals surface area contributed by atoms with Gasteiger partial charge in [-0.15, -0.1) is 0 Å². The average Bonchev–Trinajstić information content (AvgIpc) is 2.38. The predicted octanol–water partition coefficient (Wildman–Crippen LogP) is 1.94. The summed E-state index contributed by atoms with van der Waals surface area (Å²) >= 11 is 0. The van der Waals surface area contributed by atoms with Crippen molar-refractivity contribution in [1.82, 2.24) is 4.90 Å². The summed E-state index contributed by atoms with van der Waals surface area (Å²) in [5, 5.41) is 9.38. The molecule has 17 heavy (non-hydrogen) atoms. The molecular formula is C15H19NO. The zero-order valence-corrected chi connectivity index (χ0v) is 10.3. The Labute approximate surface area is 103 Å². The molecule has 0 unspecified atom stereocenters. The van der Waals surface area contributed by atoms with Gasteiger partial charge in [0, 0.05) is 18.5 Å². The summed E-state index contributed by atoms with van der Waals surface area (Å²) in [7, 11) is 2.17. The SMILES string of the molecule is CN1C[C@@H](CO)C=C2c3ccccc3CC[C@H]21. The fourth-order valence-electron chi connectivity index (χ4n) is 3.22. The van der Waals surface area contributed by atoms with E-state index in [0.29, 0.717) is 6.04 Å². The van der Waals surface area contributed by atoms with Crippen LogP contribution in [0, 0.1) is 5.92 Å². The molecular weight excluding hydrogens is 210 g/mol. The monoisotopic (exact) mass is 229 g/mol. The van der Waals surface area contributed by atoms with E-state index in [1.165, 1.54) is 29.5 Å². The van der Waals surface area contributed by atoms with Crippen molar-refractivity contribution in [2.75, 3.05) is 20.2 Å². The Morgan fingerprint density at radius 1 is 1.35 bits per heavy atom. The number of hydrogen-bond donors (Lipinski definition) is 1. The van der Waals surface area contributed by atoms with Gasteiger partial charge < -0.3 is 5.11 Å². The summed E-state index contributed by atoms with van der Waals surface area (Å²) in [5.41, 5.74) is 4.29. The van der Waals surface area contributed by atoms with Crippen molar-refractivity contribution in [3.05, 3.63) is 41.5 Å². The van der Waals surface area contributed by atoms with Gasteiger partial charge in [0.2, 0.25) is 0 Å². The van der Waals surface area contributed by atoms with Gasteiger partial charge in [-0.3, -0.25) is 4.90 Å². The van der Waals surface area contributed by atoms with Crippen LogP contribution in [0.5, 0.6) is 0 Å². The highest BCUT2D eigenvalue weighted by Crippen LogP contribution is 2.37. The average molecular weight is 229 g/mol. The van der Waals surface area contributed by atoms with Crippen LogP contribution in [-0.2, 0) is 6.42 Å². The van der Waals surface area contributed by atoms with Crippen LogP contribution in [0.25, 0.3) is 5.57 Å². The number of fused-ring (bicyclic) bond motifs is 3. The molecule has 3 rings (SSSR count). The number of hydrogen-bond acceptors (Lipinski definition) is 2. The number of benzene rings is 1. The molecule has 2 aliphatic rings. The van der Waals surface area contributed by atoms with Gasteiger partial charge in [-0.05, 0) is 36.6 Å². The molecule has 0 saturated heterocycles. The third-order valence-corrected chi connectivity index (χ3v) is 4.08. The van der Waals surface area contributed by atoms with Crippen molar-refractivity contribution in [2.45, 2.75) is 18.9 Å². The Kier molecular flexibility index (Phi) is 2.77. The molecule has 1 aromatic rings. The molecule has 90 valence electrons. The summed E-state index contributed by atoms with van der Waals surface area (Å²) in [6.07, 6.45) is 4.67. The lowest BCUT2D eigenvalue weighted by Crippen LogP contribution is -2.42. The number of rotatable bonds is 1. The topological polar surface area (TPSA) is 23.5 Å². The minimum absolute atomic E-state index is 0.253. The van der Waals surface area contributed by atoms with Gasteiger partial charge in [0.15, 0.2) is 0 Å². The van der Waals surface area contributed by atoms with Crippen molar-refractivity contribution in [3.63, 3.8) is 0 Å². The molecule has 0 saturated carbocycles. The summed E-state index contributed by atoms with van der Waals surface area (Å²) in [5.74, 6) is 0.289. The Morgan fingerprint density at radius 2 is 2.18 bits per heavy atom. The Bertz CT molecular complexity index is 452. The van der Waals surface area contributed by atoms with Crippen molar-refractivity contribution in [3.8, 4) is 0 Å². The molecule has 2 nitrogen and oxygen atoms in total. The van der Waals surface area contributed by atoms with E-state index < -0.39 is 0 Å². The van der Waals surface area contributed by atoms with E-state index in [9.17, 15) is 5.11 Å². The molecule has 1 N–H and O–H groups in total. The summed E-state index contributed by atoms with van der Waals surface area (Å²) in [4.78, 5) is 2.40. The van der Waals surface area contributed by atoms with Crippen LogP contribution in [0.4, 0.5) is 0 Å². The highest BCUT2D eigenvalue weighted by atomic mass is 16.3. The first-order valence-electron chi connectivity index (χ1n) is 6.40. The quantitative estimate of drug-likeness (QED) is 0.795. The fraction of sp³-hybridized carbons (Fsp3) is 0.467. The van der Waals surface area contributed by atoms with Crippen molar-refractivity contribution < 1.29 is 5.11 Å². The lowest BCUT2D eigenvalue weighted by Gasteiger charge is -2.40. The van der Waals surface area contributed by atoms with Crippen LogP contribution in [0.2, 0.25) is 0 Å². The standard InChI is InChI=1S/C15H19NO/c1-16-9-11(10-17)8-14-13-5-3-2-4-12(13)6-7-15(14)16/h2-5,8,11,15,17H,6-7,9-10H2,1H3/t11-,15+/m0/s1. The molecule has 2 heteroatoms. The number of nitrogens with zero attached hydrogens (tertiary/aromatic N) is 1.